The van der Waals surface area contributed by atoms with Crippen LogP contribution >= 0.6 is 0 Å². The van der Waals surface area contributed by atoms with Gasteiger partial charge in [-0.05, 0) is 12.3 Å². The van der Waals surface area contributed by atoms with Crippen molar-refractivity contribution in [3.05, 3.63) is 0 Å². The fraction of sp³-hybridized carbons (Fsp3) is 0.778. The number of hydrogen-bond acceptors (Lipinski definition) is 2. The van der Waals surface area contributed by atoms with E-state index in [1.165, 1.54) is 13.8 Å². The average Bonchev–Trinajstić information content (AvgIpc) is 1.82. The Morgan fingerprint density at radius 1 is 1.15 bits per heavy atom. The fourth-order valence-corrected chi connectivity index (χ4v) is 0.914. The smallest absolute Gasteiger partial charge is 0.329 e. The summed E-state index contributed by atoms with van der Waals surface area (Å²) in [6.07, 6.45) is 0. The molecular formula is C9H17NO3. The predicted molar refractivity (Wildman–Crippen MR) is 49.3 cm³/mol. The molecule has 0 fully saturated rings. The Hall–Kier alpha value is -1.06. The highest BCUT2D eigenvalue weighted by Crippen LogP contribution is 2.30. The molecule has 0 aliphatic heterocycles. The van der Waals surface area contributed by atoms with Crippen molar-refractivity contribution in [2.75, 3.05) is 0 Å². The molecule has 0 unspecified atom stereocenters. The van der Waals surface area contributed by atoms with E-state index in [0.717, 1.165) is 0 Å². The maximum absolute atomic E-state index is 11.0. The van der Waals surface area contributed by atoms with Crippen LogP contribution in [-0.2, 0) is 9.59 Å². The maximum Gasteiger partial charge on any atom is 0.329 e. The van der Waals surface area contributed by atoms with Crippen LogP contribution in [0.3, 0.4) is 0 Å². The third-order valence-corrected chi connectivity index (χ3v) is 2.35. The van der Waals surface area contributed by atoms with Gasteiger partial charge in [0, 0.05) is 6.92 Å². The first kappa shape index (κ1) is 11.9. The second-order valence-corrected chi connectivity index (χ2v) is 4.36. The molecule has 0 spiro atoms. The zero-order chi connectivity index (χ0) is 10.9. The third-order valence-electron chi connectivity index (χ3n) is 2.35. The lowest BCUT2D eigenvalue weighted by molar-refractivity contribution is -0.151. The van der Waals surface area contributed by atoms with E-state index in [1.54, 1.807) is 20.8 Å². The highest BCUT2D eigenvalue weighted by atomic mass is 16.4. The molecule has 76 valence electrons. The lowest BCUT2D eigenvalue weighted by atomic mass is 9.75. The number of rotatable bonds is 2. The molecule has 4 nitrogen and oxygen atoms in total. The van der Waals surface area contributed by atoms with E-state index in [1.807, 2.05) is 0 Å². The molecule has 1 atom stereocenters. The first-order chi connectivity index (χ1) is 5.61. The molecule has 4 heteroatoms. The molecule has 0 aliphatic rings. The average molecular weight is 187 g/mol. The highest BCUT2D eigenvalue weighted by molar-refractivity contribution is 5.86. The number of carbonyl (C=O) groups is 2. The van der Waals surface area contributed by atoms with Crippen LogP contribution in [0.2, 0.25) is 0 Å². The van der Waals surface area contributed by atoms with E-state index in [0.29, 0.717) is 0 Å². The maximum atomic E-state index is 11.0. The van der Waals surface area contributed by atoms with Gasteiger partial charge in [0.1, 0.15) is 5.54 Å². The zero-order valence-corrected chi connectivity index (χ0v) is 8.76. The molecule has 0 heterocycles. The van der Waals surface area contributed by atoms with Gasteiger partial charge in [0.15, 0.2) is 0 Å². The molecule has 0 aromatic rings. The predicted octanol–water partition coefficient (Wildman–Crippen LogP) is 1.01. The van der Waals surface area contributed by atoms with Crippen molar-refractivity contribution in [2.24, 2.45) is 5.41 Å². The van der Waals surface area contributed by atoms with Gasteiger partial charge in [-0.25, -0.2) is 4.79 Å². The van der Waals surface area contributed by atoms with Crippen molar-refractivity contribution in [2.45, 2.75) is 40.2 Å². The second-order valence-electron chi connectivity index (χ2n) is 4.36. The zero-order valence-electron chi connectivity index (χ0n) is 8.76. The number of nitrogens with one attached hydrogen (secondary N) is 1. The summed E-state index contributed by atoms with van der Waals surface area (Å²) < 4.78 is 0. The molecule has 0 saturated carbocycles. The van der Waals surface area contributed by atoms with Crippen molar-refractivity contribution in [3.8, 4) is 0 Å². The number of amides is 1. The van der Waals surface area contributed by atoms with E-state index in [2.05, 4.69) is 5.32 Å². The number of carbonyl (C=O) groups excluding carboxylic acids is 1. The lowest BCUT2D eigenvalue weighted by Gasteiger charge is -2.38. The standard InChI is InChI=1S/C9H17NO3/c1-6(11)10-9(5,7(12)13)8(2,3)4/h1-5H3,(H,10,11)(H,12,13)/t9-/m1/s1. The Labute approximate surface area is 78.3 Å². The first-order valence-electron chi connectivity index (χ1n) is 4.13. The molecular weight excluding hydrogens is 170 g/mol. The van der Waals surface area contributed by atoms with Gasteiger partial charge >= 0.3 is 5.97 Å². The minimum absolute atomic E-state index is 0.333. The van der Waals surface area contributed by atoms with E-state index in [4.69, 9.17) is 5.11 Å². The fourth-order valence-electron chi connectivity index (χ4n) is 0.914. The van der Waals surface area contributed by atoms with Crippen LogP contribution in [0.1, 0.15) is 34.6 Å². The monoisotopic (exact) mass is 187 g/mol. The summed E-state index contributed by atoms with van der Waals surface area (Å²) in [6.45, 7) is 8.15. The Morgan fingerprint density at radius 2 is 1.54 bits per heavy atom. The molecule has 0 rings (SSSR count). The Kier molecular flexibility index (Phi) is 3.08. The second kappa shape index (κ2) is 3.36. The summed E-state index contributed by atoms with van der Waals surface area (Å²) in [7, 11) is 0. The molecule has 0 saturated heterocycles. The van der Waals surface area contributed by atoms with Gasteiger partial charge in [-0.2, -0.15) is 0 Å². The molecule has 0 aromatic carbocycles. The quantitative estimate of drug-likeness (QED) is 0.678. The molecule has 0 bridgehead atoms. The van der Waals surface area contributed by atoms with Crippen LogP contribution in [0.25, 0.3) is 0 Å². The number of carboxylic acids is 1. The topological polar surface area (TPSA) is 66.4 Å². The third kappa shape index (κ3) is 2.44. The Morgan fingerprint density at radius 3 is 1.62 bits per heavy atom. The van der Waals surface area contributed by atoms with Crippen LogP contribution in [0, 0.1) is 5.41 Å². The van der Waals surface area contributed by atoms with Crippen LogP contribution in [0.15, 0.2) is 0 Å². The number of aliphatic carboxylic acids is 1. The summed E-state index contributed by atoms with van der Waals surface area (Å²) in [5.74, 6) is -1.35. The van der Waals surface area contributed by atoms with Gasteiger partial charge in [-0.15, -0.1) is 0 Å². The largest absolute Gasteiger partial charge is 0.479 e. The summed E-state index contributed by atoms with van der Waals surface area (Å²) in [4.78, 5) is 21.8. The Bertz CT molecular complexity index is 230. The van der Waals surface area contributed by atoms with Crippen LogP contribution < -0.4 is 5.32 Å². The molecule has 0 aromatic heterocycles. The van der Waals surface area contributed by atoms with E-state index < -0.39 is 16.9 Å². The summed E-state index contributed by atoms with van der Waals surface area (Å²) in [5.41, 5.74) is -1.75. The molecule has 1 amide bonds. The molecule has 2 N–H and O–H groups in total. The molecule has 0 radical (unpaired) electrons. The van der Waals surface area contributed by atoms with Crippen molar-refractivity contribution < 1.29 is 14.7 Å². The first-order valence-corrected chi connectivity index (χ1v) is 4.13. The van der Waals surface area contributed by atoms with Crippen molar-refractivity contribution >= 4 is 11.9 Å². The summed E-state index contributed by atoms with van der Waals surface area (Å²) in [6, 6.07) is 0. The summed E-state index contributed by atoms with van der Waals surface area (Å²) in [5, 5.41) is 11.5. The van der Waals surface area contributed by atoms with Gasteiger partial charge in [0.25, 0.3) is 0 Å². The van der Waals surface area contributed by atoms with Crippen molar-refractivity contribution in [1.29, 1.82) is 0 Å². The SMILES string of the molecule is CC(=O)N[C@](C)(C(=O)O)C(C)(C)C. The van der Waals surface area contributed by atoms with E-state index in [-0.39, 0.29) is 5.91 Å². The minimum Gasteiger partial charge on any atom is -0.479 e. The Balaban J connectivity index is 4.96. The molecule has 13 heavy (non-hydrogen) atoms. The molecule has 0 aliphatic carbocycles. The van der Waals surface area contributed by atoms with Gasteiger partial charge in [-0.1, -0.05) is 20.8 Å². The highest BCUT2D eigenvalue weighted by Gasteiger charge is 2.45. The van der Waals surface area contributed by atoms with Crippen LogP contribution in [0.4, 0.5) is 0 Å². The van der Waals surface area contributed by atoms with Crippen molar-refractivity contribution in [3.63, 3.8) is 0 Å². The number of carboxylic acid groups (broad SMARTS) is 1. The van der Waals surface area contributed by atoms with Crippen LogP contribution in [0.5, 0.6) is 0 Å². The summed E-state index contributed by atoms with van der Waals surface area (Å²) >= 11 is 0. The number of hydrogen-bond donors (Lipinski definition) is 2. The van der Waals surface area contributed by atoms with E-state index in [9.17, 15) is 9.59 Å². The van der Waals surface area contributed by atoms with Crippen LogP contribution in [-0.4, -0.2) is 22.5 Å². The van der Waals surface area contributed by atoms with Gasteiger partial charge in [0.05, 0.1) is 0 Å². The van der Waals surface area contributed by atoms with Gasteiger partial charge < -0.3 is 10.4 Å². The van der Waals surface area contributed by atoms with Gasteiger partial charge in [0.2, 0.25) is 5.91 Å². The minimum atomic E-state index is -1.22. The lowest BCUT2D eigenvalue weighted by Crippen LogP contribution is -2.59. The van der Waals surface area contributed by atoms with Crippen molar-refractivity contribution in [1.82, 2.24) is 5.32 Å². The van der Waals surface area contributed by atoms with Gasteiger partial charge in [-0.3, -0.25) is 4.79 Å². The van der Waals surface area contributed by atoms with E-state index >= 15 is 0 Å². The normalized spacial score (nSPS) is 16.1.